The summed E-state index contributed by atoms with van der Waals surface area (Å²) in [5, 5.41) is 2.77. The molecule has 0 saturated carbocycles. The van der Waals surface area contributed by atoms with Gasteiger partial charge in [0.25, 0.3) is 0 Å². The first-order valence-electron chi connectivity index (χ1n) is 5.09. The van der Waals surface area contributed by atoms with Gasteiger partial charge in [0.15, 0.2) is 0 Å². The second-order valence-electron chi connectivity index (χ2n) is 3.28. The number of nitrogens with two attached hydrogens (primary N) is 1. The van der Waals surface area contributed by atoms with E-state index in [0.717, 1.165) is 12.3 Å². The van der Waals surface area contributed by atoms with Gasteiger partial charge in [0.2, 0.25) is 0 Å². The lowest BCUT2D eigenvalue weighted by atomic mass is 10.2. The van der Waals surface area contributed by atoms with E-state index in [9.17, 15) is 13.2 Å². The number of rotatable bonds is 5. The first kappa shape index (κ1) is 13.6. The second kappa shape index (κ2) is 5.72. The molecular weight excluding hydrogens is 235 g/mol. The molecule has 0 spiro atoms. The summed E-state index contributed by atoms with van der Waals surface area (Å²) in [5.41, 5.74) is 4.94. The van der Waals surface area contributed by atoms with Crippen LogP contribution in [0.4, 0.5) is 24.5 Å². The quantitative estimate of drug-likeness (QED) is 0.785. The van der Waals surface area contributed by atoms with E-state index >= 15 is 0 Å². The Balaban J connectivity index is 2.70. The third-order valence-electron chi connectivity index (χ3n) is 1.99. The molecule has 0 amide bonds. The van der Waals surface area contributed by atoms with Crippen LogP contribution >= 0.6 is 0 Å². The summed E-state index contributed by atoms with van der Waals surface area (Å²) < 4.78 is 42.2. The van der Waals surface area contributed by atoms with Gasteiger partial charge in [0.1, 0.15) is 5.69 Å². The monoisotopic (exact) mass is 249 g/mol. The maximum atomic E-state index is 12.4. The molecular formula is C10H14F3N3O. The summed E-state index contributed by atoms with van der Waals surface area (Å²) in [6, 6.07) is 0.890. The molecule has 0 bridgehead atoms. The number of nitrogens with zero attached hydrogens (tertiary/aromatic N) is 1. The molecule has 17 heavy (non-hydrogen) atoms. The Labute approximate surface area is 97.0 Å². The number of halogens is 3. The molecule has 0 aliphatic rings. The van der Waals surface area contributed by atoms with Crippen LogP contribution < -0.4 is 11.1 Å². The van der Waals surface area contributed by atoms with E-state index in [-0.39, 0.29) is 11.4 Å². The van der Waals surface area contributed by atoms with Crippen LogP contribution in [-0.2, 0) is 10.9 Å². The third-order valence-corrected chi connectivity index (χ3v) is 1.99. The molecule has 0 aliphatic heterocycles. The SMILES string of the molecule is CCOCCNc1cc(C(F)(F)F)ncc1N. The molecule has 1 heterocycles. The van der Waals surface area contributed by atoms with Gasteiger partial charge in [-0.15, -0.1) is 0 Å². The molecule has 0 radical (unpaired) electrons. The van der Waals surface area contributed by atoms with Crippen molar-refractivity contribution in [2.75, 3.05) is 30.8 Å². The fourth-order valence-electron chi connectivity index (χ4n) is 1.18. The highest BCUT2D eigenvalue weighted by molar-refractivity contribution is 5.65. The van der Waals surface area contributed by atoms with E-state index in [1.165, 1.54) is 0 Å². The van der Waals surface area contributed by atoms with Crippen molar-refractivity contribution < 1.29 is 17.9 Å². The number of anilines is 2. The fraction of sp³-hybridized carbons (Fsp3) is 0.500. The number of aromatic nitrogens is 1. The molecule has 4 nitrogen and oxygen atoms in total. The number of hydrogen-bond acceptors (Lipinski definition) is 4. The minimum Gasteiger partial charge on any atom is -0.396 e. The number of hydrogen-bond donors (Lipinski definition) is 2. The number of nitrogen functional groups attached to an aromatic ring is 1. The smallest absolute Gasteiger partial charge is 0.396 e. The number of ether oxygens (including phenoxy) is 1. The van der Waals surface area contributed by atoms with E-state index in [4.69, 9.17) is 10.5 Å². The Kier molecular flexibility index (Phi) is 4.56. The number of alkyl halides is 3. The Hall–Kier alpha value is -1.50. The predicted molar refractivity (Wildman–Crippen MR) is 58.6 cm³/mol. The highest BCUT2D eigenvalue weighted by Crippen LogP contribution is 2.30. The van der Waals surface area contributed by atoms with Crippen molar-refractivity contribution in [3.63, 3.8) is 0 Å². The topological polar surface area (TPSA) is 60.2 Å². The molecule has 1 rings (SSSR count). The zero-order valence-corrected chi connectivity index (χ0v) is 9.34. The Morgan fingerprint density at radius 2 is 2.18 bits per heavy atom. The normalized spacial score (nSPS) is 11.5. The van der Waals surface area contributed by atoms with E-state index < -0.39 is 11.9 Å². The molecule has 0 saturated heterocycles. The van der Waals surface area contributed by atoms with Crippen LogP contribution in [0.2, 0.25) is 0 Å². The Morgan fingerprint density at radius 1 is 1.47 bits per heavy atom. The number of nitrogens with one attached hydrogen (secondary N) is 1. The Bertz CT molecular complexity index is 368. The van der Waals surface area contributed by atoms with Crippen LogP contribution in [0.5, 0.6) is 0 Å². The minimum atomic E-state index is -4.47. The highest BCUT2D eigenvalue weighted by Gasteiger charge is 2.32. The van der Waals surface area contributed by atoms with Gasteiger partial charge < -0.3 is 15.8 Å². The summed E-state index contributed by atoms with van der Waals surface area (Å²) in [6.45, 7) is 3.18. The summed E-state index contributed by atoms with van der Waals surface area (Å²) in [4.78, 5) is 3.23. The van der Waals surface area contributed by atoms with Crippen LogP contribution in [0.1, 0.15) is 12.6 Å². The summed E-state index contributed by atoms with van der Waals surface area (Å²) in [6.07, 6.45) is -3.48. The van der Waals surface area contributed by atoms with Crippen LogP contribution in [0.3, 0.4) is 0 Å². The molecule has 0 aliphatic carbocycles. The van der Waals surface area contributed by atoms with E-state index in [1.807, 2.05) is 6.92 Å². The van der Waals surface area contributed by atoms with Crippen molar-refractivity contribution >= 4 is 11.4 Å². The molecule has 96 valence electrons. The molecule has 0 atom stereocenters. The van der Waals surface area contributed by atoms with E-state index in [0.29, 0.717) is 19.8 Å². The Morgan fingerprint density at radius 3 is 2.76 bits per heavy atom. The largest absolute Gasteiger partial charge is 0.433 e. The molecule has 0 fully saturated rings. The van der Waals surface area contributed by atoms with Gasteiger partial charge in [-0.1, -0.05) is 0 Å². The van der Waals surface area contributed by atoms with Crippen molar-refractivity contribution in [2.45, 2.75) is 13.1 Å². The second-order valence-corrected chi connectivity index (χ2v) is 3.28. The standard InChI is InChI=1S/C10H14F3N3O/c1-2-17-4-3-15-8-5-9(10(11,12)13)16-6-7(8)14/h5-6H,2-4,14H2,1H3,(H,15,16). The van der Waals surface area contributed by atoms with Crippen LogP contribution in [0.25, 0.3) is 0 Å². The van der Waals surface area contributed by atoms with Crippen LogP contribution in [0, 0.1) is 0 Å². The average molecular weight is 249 g/mol. The minimum absolute atomic E-state index is 0.175. The van der Waals surface area contributed by atoms with Crippen molar-refractivity contribution in [1.29, 1.82) is 0 Å². The van der Waals surface area contributed by atoms with Crippen LogP contribution in [0.15, 0.2) is 12.3 Å². The number of pyridine rings is 1. The zero-order valence-electron chi connectivity index (χ0n) is 9.34. The fourth-order valence-corrected chi connectivity index (χ4v) is 1.18. The van der Waals surface area contributed by atoms with Crippen LogP contribution in [-0.4, -0.2) is 24.7 Å². The molecule has 0 unspecified atom stereocenters. The molecule has 3 N–H and O–H groups in total. The zero-order chi connectivity index (χ0) is 12.9. The van der Waals surface area contributed by atoms with Gasteiger partial charge >= 0.3 is 6.18 Å². The maximum absolute atomic E-state index is 12.4. The van der Waals surface area contributed by atoms with Gasteiger partial charge in [-0.3, -0.25) is 0 Å². The predicted octanol–water partition coefficient (Wildman–Crippen LogP) is 2.13. The molecule has 1 aromatic heterocycles. The molecule has 7 heteroatoms. The maximum Gasteiger partial charge on any atom is 0.433 e. The van der Waals surface area contributed by atoms with Gasteiger partial charge in [-0.05, 0) is 13.0 Å². The first-order chi connectivity index (χ1) is 7.95. The van der Waals surface area contributed by atoms with Gasteiger partial charge in [0.05, 0.1) is 24.2 Å². The summed E-state index contributed by atoms with van der Waals surface area (Å²) in [5.74, 6) is 0. The van der Waals surface area contributed by atoms with E-state index in [2.05, 4.69) is 10.3 Å². The van der Waals surface area contributed by atoms with Gasteiger partial charge in [-0.2, -0.15) is 13.2 Å². The lowest BCUT2D eigenvalue weighted by Crippen LogP contribution is -2.13. The lowest BCUT2D eigenvalue weighted by molar-refractivity contribution is -0.141. The van der Waals surface area contributed by atoms with Gasteiger partial charge in [-0.25, -0.2) is 4.98 Å². The average Bonchev–Trinajstić information content (AvgIpc) is 2.25. The summed E-state index contributed by atoms with van der Waals surface area (Å²) >= 11 is 0. The van der Waals surface area contributed by atoms with Gasteiger partial charge in [0, 0.05) is 13.2 Å². The van der Waals surface area contributed by atoms with Crippen molar-refractivity contribution in [3.8, 4) is 0 Å². The highest BCUT2D eigenvalue weighted by atomic mass is 19.4. The third kappa shape index (κ3) is 4.10. The molecule has 1 aromatic rings. The lowest BCUT2D eigenvalue weighted by Gasteiger charge is -2.12. The summed E-state index contributed by atoms with van der Waals surface area (Å²) in [7, 11) is 0. The first-order valence-corrected chi connectivity index (χ1v) is 5.09. The van der Waals surface area contributed by atoms with Crippen molar-refractivity contribution in [2.24, 2.45) is 0 Å². The van der Waals surface area contributed by atoms with Crippen molar-refractivity contribution in [3.05, 3.63) is 18.0 Å². The van der Waals surface area contributed by atoms with E-state index in [1.54, 1.807) is 0 Å². The molecule has 0 aromatic carbocycles. The van der Waals surface area contributed by atoms with Crippen molar-refractivity contribution in [1.82, 2.24) is 4.98 Å².